The summed E-state index contributed by atoms with van der Waals surface area (Å²) < 4.78 is 10.3. The van der Waals surface area contributed by atoms with Crippen LogP contribution in [0.4, 0.5) is 5.69 Å². The molecule has 0 unspecified atom stereocenters. The summed E-state index contributed by atoms with van der Waals surface area (Å²) >= 11 is 11.8. The SMILES string of the molecule is COc1cc(OC)c(NC(=O)c2cccc(Cl)n2)cc1Cl. The molecule has 0 aliphatic carbocycles. The second kappa shape index (κ2) is 6.65. The van der Waals surface area contributed by atoms with Crippen molar-refractivity contribution in [1.82, 2.24) is 4.98 Å². The second-order valence-electron chi connectivity index (χ2n) is 3.99. The molecule has 2 aromatic rings. The number of ether oxygens (including phenoxy) is 2. The number of methoxy groups -OCH3 is 2. The van der Waals surface area contributed by atoms with Gasteiger partial charge in [-0.15, -0.1) is 0 Å². The van der Waals surface area contributed by atoms with Crippen LogP contribution >= 0.6 is 23.2 Å². The van der Waals surface area contributed by atoms with E-state index in [9.17, 15) is 4.79 Å². The van der Waals surface area contributed by atoms with Gasteiger partial charge < -0.3 is 14.8 Å². The summed E-state index contributed by atoms with van der Waals surface area (Å²) in [5, 5.41) is 3.26. The van der Waals surface area contributed by atoms with E-state index in [0.717, 1.165) is 0 Å². The third-order valence-electron chi connectivity index (χ3n) is 2.67. The van der Waals surface area contributed by atoms with Gasteiger partial charge in [0.25, 0.3) is 5.91 Å². The van der Waals surface area contributed by atoms with Crippen molar-refractivity contribution in [2.75, 3.05) is 19.5 Å². The number of hydrogen-bond donors (Lipinski definition) is 1. The minimum atomic E-state index is -0.419. The molecule has 1 aromatic carbocycles. The molecule has 7 heteroatoms. The molecular formula is C14H12Cl2N2O3. The molecule has 0 saturated carbocycles. The predicted molar refractivity (Wildman–Crippen MR) is 81.8 cm³/mol. The van der Waals surface area contributed by atoms with Gasteiger partial charge in [0.1, 0.15) is 22.3 Å². The average molecular weight is 327 g/mol. The molecule has 0 fully saturated rings. The Hall–Kier alpha value is -1.98. The van der Waals surface area contributed by atoms with Crippen LogP contribution in [0.15, 0.2) is 30.3 Å². The zero-order valence-electron chi connectivity index (χ0n) is 11.3. The largest absolute Gasteiger partial charge is 0.495 e. The summed E-state index contributed by atoms with van der Waals surface area (Å²) in [6.07, 6.45) is 0. The molecule has 0 bridgehead atoms. The number of rotatable bonds is 4. The highest BCUT2D eigenvalue weighted by atomic mass is 35.5. The molecule has 1 aromatic heterocycles. The third kappa shape index (κ3) is 3.56. The molecule has 0 atom stereocenters. The summed E-state index contributed by atoms with van der Waals surface area (Å²) in [7, 11) is 2.98. The number of halogens is 2. The number of anilines is 1. The molecule has 110 valence electrons. The molecule has 0 aliphatic rings. The van der Waals surface area contributed by atoms with Crippen molar-refractivity contribution >= 4 is 34.8 Å². The number of aromatic nitrogens is 1. The van der Waals surface area contributed by atoms with Gasteiger partial charge in [0, 0.05) is 6.07 Å². The van der Waals surface area contributed by atoms with Crippen molar-refractivity contribution in [3.05, 3.63) is 46.2 Å². The number of nitrogens with one attached hydrogen (secondary N) is 1. The van der Waals surface area contributed by atoms with Crippen molar-refractivity contribution in [3.8, 4) is 11.5 Å². The Kier molecular flexibility index (Phi) is 4.88. The molecule has 2 rings (SSSR count). The van der Waals surface area contributed by atoms with Gasteiger partial charge in [-0.05, 0) is 18.2 Å². The van der Waals surface area contributed by atoms with Crippen molar-refractivity contribution in [2.24, 2.45) is 0 Å². The van der Waals surface area contributed by atoms with Crippen LogP contribution < -0.4 is 14.8 Å². The summed E-state index contributed by atoms with van der Waals surface area (Å²) in [6.45, 7) is 0. The van der Waals surface area contributed by atoms with Gasteiger partial charge in [-0.3, -0.25) is 4.79 Å². The standard InChI is InChI=1S/C14H12Cl2N2O3/c1-20-11-7-12(21-2)10(6-8(11)15)18-14(19)9-4-3-5-13(16)17-9/h3-7H,1-2H3,(H,18,19). The minimum Gasteiger partial charge on any atom is -0.495 e. The van der Waals surface area contributed by atoms with Crippen LogP contribution in [-0.2, 0) is 0 Å². The number of nitrogens with zero attached hydrogens (tertiary/aromatic N) is 1. The Morgan fingerprint density at radius 3 is 2.48 bits per heavy atom. The van der Waals surface area contributed by atoms with Crippen LogP contribution in [0.2, 0.25) is 10.2 Å². The number of hydrogen-bond acceptors (Lipinski definition) is 4. The van der Waals surface area contributed by atoms with E-state index in [1.54, 1.807) is 30.3 Å². The van der Waals surface area contributed by atoms with Crippen molar-refractivity contribution < 1.29 is 14.3 Å². The zero-order chi connectivity index (χ0) is 15.4. The fourth-order valence-corrected chi connectivity index (χ4v) is 2.08. The van der Waals surface area contributed by atoms with Crippen LogP contribution in [0, 0.1) is 0 Å². The number of carbonyl (C=O) groups excluding carboxylic acids is 1. The van der Waals surface area contributed by atoms with Crippen LogP contribution in [0.5, 0.6) is 11.5 Å². The maximum Gasteiger partial charge on any atom is 0.274 e. The molecule has 0 radical (unpaired) electrons. The van der Waals surface area contributed by atoms with Crippen LogP contribution in [0.1, 0.15) is 10.5 Å². The first-order valence-electron chi connectivity index (χ1n) is 5.90. The summed E-state index contributed by atoms with van der Waals surface area (Å²) in [5.41, 5.74) is 0.603. The van der Waals surface area contributed by atoms with Gasteiger partial charge in [0.05, 0.1) is 24.9 Å². The van der Waals surface area contributed by atoms with Gasteiger partial charge >= 0.3 is 0 Å². The Bertz CT molecular complexity index is 677. The van der Waals surface area contributed by atoms with Gasteiger partial charge in [-0.1, -0.05) is 29.3 Å². The van der Waals surface area contributed by atoms with E-state index >= 15 is 0 Å². The fraction of sp³-hybridized carbons (Fsp3) is 0.143. The van der Waals surface area contributed by atoms with Crippen LogP contribution in [-0.4, -0.2) is 25.1 Å². The third-order valence-corrected chi connectivity index (χ3v) is 3.18. The molecular weight excluding hydrogens is 315 g/mol. The molecule has 1 amide bonds. The zero-order valence-corrected chi connectivity index (χ0v) is 12.8. The lowest BCUT2D eigenvalue weighted by atomic mass is 10.2. The first-order valence-corrected chi connectivity index (χ1v) is 6.66. The van der Waals surface area contributed by atoms with Gasteiger partial charge in [-0.25, -0.2) is 4.98 Å². The fourth-order valence-electron chi connectivity index (χ4n) is 1.68. The lowest BCUT2D eigenvalue weighted by molar-refractivity contribution is 0.102. The number of benzene rings is 1. The molecule has 0 aliphatic heterocycles. The highest BCUT2D eigenvalue weighted by Gasteiger charge is 2.14. The number of pyridine rings is 1. The van der Waals surface area contributed by atoms with E-state index in [2.05, 4.69) is 10.3 Å². The lowest BCUT2D eigenvalue weighted by Crippen LogP contribution is -2.14. The number of amides is 1. The number of carbonyl (C=O) groups is 1. The lowest BCUT2D eigenvalue weighted by Gasteiger charge is -2.12. The van der Waals surface area contributed by atoms with Crippen LogP contribution in [0.3, 0.4) is 0 Å². The first-order chi connectivity index (χ1) is 10.0. The minimum absolute atomic E-state index is 0.191. The predicted octanol–water partition coefficient (Wildman–Crippen LogP) is 3.66. The van der Waals surface area contributed by atoms with Crippen LogP contribution in [0.25, 0.3) is 0 Å². The van der Waals surface area contributed by atoms with Gasteiger partial charge in [0.15, 0.2) is 0 Å². The first kappa shape index (κ1) is 15.4. The van der Waals surface area contributed by atoms with E-state index in [1.165, 1.54) is 14.2 Å². The Morgan fingerprint density at radius 2 is 1.86 bits per heavy atom. The summed E-state index contributed by atoms with van der Waals surface area (Å²) in [5.74, 6) is 0.455. The van der Waals surface area contributed by atoms with Crippen molar-refractivity contribution in [2.45, 2.75) is 0 Å². The maximum atomic E-state index is 12.1. The molecule has 21 heavy (non-hydrogen) atoms. The Balaban J connectivity index is 2.30. The van der Waals surface area contributed by atoms with Crippen molar-refractivity contribution in [3.63, 3.8) is 0 Å². The van der Waals surface area contributed by atoms with E-state index in [-0.39, 0.29) is 10.8 Å². The maximum absolute atomic E-state index is 12.1. The quantitative estimate of drug-likeness (QED) is 0.871. The highest BCUT2D eigenvalue weighted by molar-refractivity contribution is 6.32. The topological polar surface area (TPSA) is 60.5 Å². The summed E-state index contributed by atoms with van der Waals surface area (Å²) in [4.78, 5) is 16.1. The molecule has 0 saturated heterocycles. The van der Waals surface area contributed by atoms with Gasteiger partial charge in [-0.2, -0.15) is 0 Å². The normalized spacial score (nSPS) is 10.1. The highest BCUT2D eigenvalue weighted by Crippen LogP contribution is 2.36. The van der Waals surface area contributed by atoms with E-state index in [0.29, 0.717) is 22.2 Å². The Labute approximate surface area is 131 Å². The van der Waals surface area contributed by atoms with Crippen molar-refractivity contribution in [1.29, 1.82) is 0 Å². The molecule has 5 nitrogen and oxygen atoms in total. The van der Waals surface area contributed by atoms with E-state index in [4.69, 9.17) is 32.7 Å². The monoisotopic (exact) mass is 326 g/mol. The molecule has 1 heterocycles. The second-order valence-corrected chi connectivity index (χ2v) is 4.78. The molecule has 0 spiro atoms. The summed E-state index contributed by atoms with van der Waals surface area (Å²) in [6, 6.07) is 7.91. The molecule has 1 N–H and O–H groups in total. The Morgan fingerprint density at radius 1 is 1.14 bits per heavy atom. The van der Waals surface area contributed by atoms with E-state index < -0.39 is 5.91 Å². The van der Waals surface area contributed by atoms with E-state index in [1.807, 2.05) is 0 Å². The van der Waals surface area contributed by atoms with Gasteiger partial charge in [0.2, 0.25) is 0 Å². The smallest absolute Gasteiger partial charge is 0.274 e. The average Bonchev–Trinajstić information content (AvgIpc) is 2.47.